The van der Waals surface area contributed by atoms with E-state index in [0.29, 0.717) is 28.2 Å². The molecule has 0 atom stereocenters. The molecule has 6 heteroatoms. The summed E-state index contributed by atoms with van der Waals surface area (Å²) in [4.78, 5) is 13.6. The Balaban J connectivity index is 2.23. The van der Waals surface area contributed by atoms with Crippen molar-refractivity contribution in [1.82, 2.24) is 4.90 Å². The van der Waals surface area contributed by atoms with Gasteiger partial charge in [0, 0.05) is 23.9 Å². The molecule has 0 N–H and O–H groups in total. The highest BCUT2D eigenvalue weighted by Gasteiger charge is 2.09. The zero-order chi connectivity index (χ0) is 15.0. The second kappa shape index (κ2) is 9.37. The predicted molar refractivity (Wildman–Crippen MR) is 87.2 cm³/mol. The lowest BCUT2D eigenvalue weighted by Gasteiger charge is -2.18. The number of carbonyl (C=O) groups is 1. The Bertz CT molecular complexity index is 439. The van der Waals surface area contributed by atoms with Crippen molar-refractivity contribution in [2.45, 2.75) is 13.8 Å². The van der Waals surface area contributed by atoms with Gasteiger partial charge in [-0.05, 0) is 32.0 Å². The van der Waals surface area contributed by atoms with Gasteiger partial charge < -0.3 is 9.64 Å². The van der Waals surface area contributed by atoms with Crippen molar-refractivity contribution < 1.29 is 9.53 Å². The summed E-state index contributed by atoms with van der Waals surface area (Å²) in [5, 5.41) is 1.09. The van der Waals surface area contributed by atoms with Crippen LogP contribution in [0.1, 0.15) is 13.8 Å². The number of benzene rings is 1. The summed E-state index contributed by atoms with van der Waals surface area (Å²) < 4.78 is 5.55. The number of hydrogen-bond acceptors (Lipinski definition) is 3. The summed E-state index contributed by atoms with van der Waals surface area (Å²) in [5.41, 5.74) is 0. The second-order valence-corrected chi connectivity index (χ2v) is 5.99. The highest BCUT2D eigenvalue weighted by atomic mass is 35.5. The van der Waals surface area contributed by atoms with Crippen molar-refractivity contribution in [3.05, 3.63) is 28.2 Å². The molecule has 1 aromatic carbocycles. The normalized spacial score (nSPS) is 10.4. The summed E-state index contributed by atoms with van der Waals surface area (Å²) in [6, 6.07) is 5.13. The van der Waals surface area contributed by atoms with Crippen LogP contribution < -0.4 is 4.74 Å². The molecule has 0 unspecified atom stereocenters. The van der Waals surface area contributed by atoms with Gasteiger partial charge in [0.05, 0.1) is 17.4 Å². The molecule has 0 aliphatic carbocycles. The quantitative estimate of drug-likeness (QED) is 0.673. The Morgan fingerprint density at radius 1 is 1.30 bits per heavy atom. The molecule has 0 aliphatic rings. The summed E-state index contributed by atoms with van der Waals surface area (Å²) in [6.45, 7) is 5.99. The van der Waals surface area contributed by atoms with E-state index < -0.39 is 0 Å². The summed E-state index contributed by atoms with van der Waals surface area (Å²) in [6.07, 6.45) is 0. The predicted octanol–water partition coefficient (Wildman–Crippen LogP) is 3.97. The smallest absolute Gasteiger partial charge is 0.232 e. The third kappa shape index (κ3) is 5.81. The molecule has 112 valence electrons. The fourth-order valence-corrected chi connectivity index (χ4v) is 2.80. The number of nitrogens with zero attached hydrogens (tertiary/aromatic N) is 1. The SMILES string of the molecule is CCN(CC)C(=O)CSCCOc1ccc(Cl)cc1Cl. The first kappa shape index (κ1) is 17.5. The van der Waals surface area contributed by atoms with Crippen molar-refractivity contribution >= 4 is 40.9 Å². The minimum absolute atomic E-state index is 0.171. The van der Waals surface area contributed by atoms with Gasteiger partial charge in [0.15, 0.2) is 0 Å². The number of halogens is 2. The second-order valence-electron chi connectivity index (χ2n) is 4.04. The standard InChI is InChI=1S/C14H19Cl2NO2S/c1-3-17(4-2)14(18)10-20-8-7-19-13-6-5-11(15)9-12(13)16/h5-6,9H,3-4,7-8,10H2,1-2H3. The Kier molecular flexibility index (Phi) is 8.19. The van der Waals surface area contributed by atoms with E-state index >= 15 is 0 Å². The largest absolute Gasteiger partial charge is 0.491 e. The van der Waals surface area contributed by atoms with Gasteiger partial charge >= 0.3 is 0 Å². The number of carbonyl (C=O) groups excluding carboxylic acids is 1. The fraction of sp³-hybridized carbons (Fsp3) is 0.500. The lowest BCUT2D eigenvalue weighted by molar-refractivity contribution is -0.127. The summed E-state index contributed by atoms with van der Waals surface area (Å²) in [7, 11) is 0. The van der Waals surface area contributed by atoms with Gasteiger partial charge in [0.1, 0.15) is 5.75 Å². The van der Waals surface area contributed by atoms with Crippen LogP contribution >= 0.6 is 35.0 Å². The fourth-order valence-electron chi connectivity index (χ4n) is 1.63. The van der Waals surface area contributed by atoms with E-state index in [-0.39, 0.29) is 5.91 Å². The van der Waals surface area contributed by atoms with Gasteiger partial charge in [-0.3, -0.25) is 4.79 Å². The number of ether oxygens (including phenoxy) is 1. The summed E-state index contributed by atoms with van der Waals surface area (Å²) in [5.74, 6) is 2.02. The lowest BCUT2D eigenvalue weighted by Crippen LogP contribution is -2.32. The maximum Gasteiger partial charge on any atom is 0.232 e. The van der Waals surface area contributed by atoms with Gasteiger partial charge in [0.2, 0.25) is 5.91 Å². The molecule has 20 heavy (non-hydrogen) atoms. The molecule has 0 fully saturated rings. The molecule has 0 aliphatic heterocycles. The van der Waals surface area contributed by atoms with E-state index in [9.17, 15) is 4.79 Å². The average Bonchev–Trinajstić information content (AvgIpc) is 2.42. The molecular formula is C14H19Cl2NO2S. The molecule has 0 saturated heterocycles. The Morgan fingerprint density at radius 2 is 2.00 bits per heavy atom. The first-order valence-electron chi connectivity index (χ1n) is 6.51. The van der Waals surface area contributed by atoms with Crippen molar-refractivity contribution in [2.24, 2.45) is 0 Å². The average molecular weight is 336 g/mol. The topological polar surface area (TPSA) is 29.5 Å². The highest BCUT2D eigenvalue weighted by Crippen LogP contribution is 2.27. The van der Waals surface area contributed by atoms with Crippen LogP contribution in [0.3, 0.4) is 0 Å². The van der Waals surface area contributed by atoms with E-state index in [1.54, 1.807) is 30.0 Å². The van der Waals surface area contributed by atoms with Crippen molar-refractivity contribution in [2.75, 3.05) is 31.2 Å². The Morgan fingerprint density at radius 3 is 2.60 bits per heavy atom. The minimum Gasteiger partial charge on any atom is -0.491 e. The van der Waals surface area contributed by atoms with Gasteiger partial charge in [-0.2, -0.15) is 0 Å². The van der Waals surface area contributed by atoms with Gasteiger partial charge in [-0.25, -0.2) is 0 Å². The maximum absolute atomic E-state index is 11.8. The van der Waals surface area contributed by atoms with E-state index in [2.05, 4.69) is 0 Å². The van der Waals surface area contributed by atoms with E-state index in [1.807, 2.05) is 18.7 Å². The van der Waals surface area contributed by atoms with E-state index in [1.165, 1.54) is 0 Å². The van der Waals surface area contributed by atoms with Gasteiger partial charge in [0.25, 0.3) is 0 Å². The third-order valence-electron chi connectivity index (χ3n) is 2.72. The van der Waals surface area contributed by atoms with E-state index in [0.717, 1.165) is 18.8 Å². The molecule has 1 amide bonds. The Labute approximate surface area is 134 Å². The van der Waals surface area contributed by atoms with Crippen LogP contribution in [-0.4, -0.2) is 42.0 Å². The molecule has 0 heterocycles. The number of hydrogen-bond donors (Lipinski definition) is 0. The molecule has 0 spiro atoms. The molecule has 0 bridgehead atoms. The number of thioether (sulfide) groups is 1. The molecule has 0 saturated carbocycles. The zero-order valence-electron chi connectivity index (χ0n) is 11.7. The first-order chi connectivity index (χ1) is 9.58. The van der Waals surface area contributed by atoms with Crippen molar-refractivity contribution in [3.63, 3.8) is 0 Å². The molecule has 3 nitrogen and oxygen atoms in total. The number of rotatable bonds is 8. The zero-order valence-corrected chi connectivity index (χ0v) is 14.0. The monoisotopic (exact) mass is 335 g/mol. The van der Waals surface area contributed by atoms with Crippen LogP contribution in [0.25, 0.3) is 0 Å². The Hall–Kier alpha value is -0.580. The van der Waals surface area contributed by atoms with Crippen LogP contribution in [-0.2, 0) is 4.79 Å². The van der Waals surface area contributed by atoms with Gasteiger partial charge in [-0.1, -0.05) is 23.2 Å². The third-order valence-corrected chi connectivity index (χ3v) is 4.16. The van der Waals surface area contributed by atoms with Crippen LogP contribution in [0.4, 0.5) is 0 Å². The molecule has 0 radical (unpaired) electrons. The maximum atomic E-state index is 11.8. The lowest BCUT2D eigenvalue weighted by atomic mass is 10.3. The molecule has 0 aromatic heterocycles. The van der Waals surface area contributed by atoms with Gasteiger partial charge in [-0.15, -0.1) is 11.8 Å². The van der Waals surface area contributed by atoms with Crippen LogP contribution in [0, 0.1) is 0 Å². The molecule has 1 aromatic rings. The van der Waals surface area contributed by atoms with E-state index in [4.69, 9.17) is 27.9 Å². The van der Waals surface area contributed by atoms with Crippen molar-refractivity contribution in [3.8, 4) is 5.75 Å². The van der Waals surface area contributed by atoms with Crippen LogP contribution in [0.5, 0.6) is 5.75 Å². The number of amides is 1. The van der Waals surface area contributed by atoms with Crippen molar-refractivity contribution in [1.29, 1.82) is 0 Å². The van der Waals surface area contributed by atoms with Crippen LogP contribution in [0.15, 0.2) is 18.2 Å². The molecule has 1 rings (SSSR count). The minimum atomic E-state index is 0.171. The summed E-state index contributed by atoms with van der Waals surface area (Å²) >= 11 is 13.4. The van der Waals surface area contributed by atoms with Crippen LogP contribution in [0.2, 0.25) is 10.0 Å². The highest BCUT2D eigenvalue weighted by molar-refractivity contribution is 7.99. The first-order valence-corrected chi connectivity index (χ1v) is 8.42. The molecular weight excluding hydrogens is 317 g/mol.